The third-order valence-electron chi connectivity index (χ3n) is 2.96. The van der Waals surface area contributed by atoms with E-state index in [0.717, 1.165) is 11.4 Å². The molecule has 0 aliphatic carbocycles. The molecule has 5 heteroatoms. The number of halogens is 1. The van der Waals surface area contributed by atoms with Gasteiger partial charge in [0.25, 0.3) is 0 Å². The van der Waals surface area contributed by atoms with Crippen molar-refractivity contribution in [3.63, 3.8) is 0 Å². The maximum Gasteiger partial charge on any atom is 0.341 e. The molecule has 0 unspecified atom stereocenters. The molecular weight excluding hydrogens is 254 g/mol. The molecule has 0 spiro atoms. The zero-order valence-corrected chi connectivity index (χ0v) is 12.3. The van der Waals surface area contributed by atoms with Crippen LogP contribution < -0.4 is 0 Å². The van der Waals surface area contributed by atoms with E-state index in [4.69, 9.17) is 21.1 Å². The van der Waals surface area contributed by atoms with Gasteiger partial charge in [-0.1, -0.05) is 25.4 Å². The lowest BCUT2D eigenvalue weighted by atomic mass is 10.1. The average Bonchev–Trinajstić information content (AvgIpc) is 2.57. The predicted molar refractivity (Wildman–Crippen MR) is 71.5 cm³/mol. The van der Waals surface area contributed by atoms with Crippen molar-refractivity contribution in [2.24, 2.45) is 0 Å². The number of rotatable bonds is 5. The molecule has 0 amide bonds. The standard InChI is InChI=1S/C13H20ClNO3/c1-8(2)12-11(14)10(13(16)18-5)9(3)15(12)6-7-17-4/h8H,6-7H2,1-5H3. The molecule has 0 aliphatic heterocycles. The topological polar surface area (TPSA) is 40.5 Å². The lowest BCUT2D eigenvalue weighted by Crippen LogP contribution is -2.11. The highest BCUT2D eigenvalue weighted by Gasteiger charge is 2.25. The molecule has 1 aromatic heterocycles. The van der Waals surface area contributed by atoms with Crippen LogP contribution in [0.1, 0.15) is 41.5 Å². The second-order valence-electron chi connectivity index (χ2n) is 4.45. The van der Waals surface area contributed by atoms with E-state index in [-0.39, 0.29) is 5.92 Å². The number of hydrogen-bond donors (Lipinski definition) is 0. The minimum absolute atomic E-state index is 0.228. The van der Waals surface area contributed by atoms with Crippen molar-refractivity contribution in [1.29, 1.82) is 0 Å². The molecule has 0 fully saturated rings. The Labute approximate surface area is 113 Å². The van der Waals surface area contributed by atoms with E-state index in [1.54, 1.807) is 7.11 Å². The number of carbonyl (C=O) groups is 1. The maximum atomic E-state index is 11.8. The molecule has 1 heterocycles. The molecule has 0 aromatic carbocycles. The van der Waals surface area contributed by atoms with Crippen LogP contribution in [0.5, 0.6) is 0 Å². The van der Waals surface area contributed by atoms with E-state index in [0.29, 0.717) is 23.7 Å². The van der Waals surface area contributed by atoms with Crippen LogP contribution in [0.25, 0.3) is 0 Å². The first-order valence-corrected chi connectivity index (χ1v) is 6.29. The summed E-state index contributed by atoms with van der Waals surface area (Å²) in [5.74, 6) is -0.165. The Morgan fingerprint density at radius 1 is 1.39 bits per heavy atom. The summed E-state index contributed by atoms with van der Waals surface area (Å²) in [5, 5.41) is 0.491. The monoisotopic (exact) mass is 273 g/mol. The van der Waals surface area contributed by atoms with E-state index >= 15 is 0 Å². The summed E-state index contributed by atoms with van der Waals surface area (Å²) in [5.41, 5.74) is 2.23. The largest absolute Gasteiger partial charge is 0.465 e. The minimum Gasteiger partial charge on any atom is -0.465 e. The number of carbonyl (C=O) groups excluding carboxylic acids is 1. The van der Waals surface area contributed by atoms with Crippen LogP contribution in [0.3, 0.4) is 0 Å². The minimum atomic E-state index is -0.393. The summed E-state index contributed by atoms with van der Waals surface area (Å²) in [6.07, 6.45) is 0. The van der Waals surface area contributed by atoms with E-state index in [1.165, 1.54) is 7.11 Å². The van der Waals surface area contributed by atoms with E-state index in [1.807, 2.05) is 25.3 Å². The van der Waals surface area contributed by atoms with E-state index in [2.05, 4.69) is 0 Å². The first-order chi connectivity index (χ1) is 8.45. The first-order valence-electron chi connectivity index (χ1n) is 5.91. The van der Waals surface area contributed by atoms with Gasteiger partial charge in [-0.2, -0.15) is 0 Å². The molecule has 4 nitrogen and oxygen atoms in total. The van der Waals surface area contributed by atoms with Gasteiger partial charge in [0.1, 0.15) is 0 Å². The number of methoxy groups -OCH3 is 2. The van der Waals surface area contributed by atoms with Gasteiger partial charge in [0.05, 0.1) is 24.3 Å². The Hall–Kier alpha value is -1.00. The molecule has 0 aliphatic rings. The number of aromatic nitrogens is 1. The second-order valence-corrected chi connectivity index (χ2v) is 4.83. The quantitative estimate of drug-likeness (QED) is 0.775. The van der Waals surface area contributed by atoms with Crippen molar-refractivity contribution >= 4 is 17.6 Å². The molecule has 0 radical (unpaired) electrons. The molecule has 0 bridgehead atoms. The van der Waals surface area contributed by atoms with Crippen molar-refractivity contribution in [3.8, 4) is 0 Å². The summed E-state index contributed by atoms with van der Waals surface area (Å²) < 4.78 is 11.9. The lowest BCUT2D eigenvalue weighted by Gasteiger charge is -2.13. The van der Waals surface area contributed by atoms with Crippen molar-refractivity contribution in [2.45, 2.75) is 33.2 Å². The second kappa shape index (κ2) is 6.25. The Balaban J connectivity index is 3.35. The summed E-state index contributed by atoms with van der Waals surface area (Å²) >= 11 is 6.32. The van der Waals surface area contributed by atoms with Crippen molar-refractivity contribution in [1.82, 2.24) is 4.57 Å². The van der Waals surface area contributed by atoms with Crippen molar-refractivity contribution < 1.29 is 14.3 Å². The van der Waals surface area contributed by atoms with Crippen LogP contribution in [0.4, 0.5) is 0 Å². The van der Waals surface area contributed by atoms with Crippen molar-refractivity contribution in [3.05, 3.63) is 22.0 Å². The molecule has 1 rings (SSSR count). The normalized spacial score (nSPS) is 11.1. The fourth-order valence-electron chi connectivity index (χ4n) is 2.10. The maximum absolute atomic E-state index is 11.8. The zero-order chi connectivity index (χ0) is 13.9. The van der Waals surface area contributed by atoms with Crippen LogP contribution in [0.15, 0.2) is 0 Å². The SMILES string of the molecule is COCCn1c(C)c(C(=O)OC)c(Cl)c1C(C)C. The highest BCUT2D eigenvalue weighted by Crippen LogP contribution is 2.33. The highest BCUT2D eigenvalue weighted by atomic mass is 35.5. The number of hydrogen-bond acceptors (Lipinski definition) is 3. The smallest absolute Gasteiger partial charge is 0.341 e. The van der Waals surface area contributed by atoms with Crippen LogP contribution in [-0.4, -0.2) is 31.4 Å². The summed E-state index contributed by atoms with van der Waals surface area (Å²) in [6.45, 7) is 7.22. The van der Waals surface area contributed by atoms with Gasteiger partial charge in [-0.25, -0.2) is 4.79 Å². The van der Waals surface area contributed by atoms with Gasteiger partial charge in [-0.15, -0.1) is 0 Å². The lowest BCUT2D eigenvalue weighted by molar-refractivity contribution is 0.0600. The van der Waals surface area contributed by atoms with Gasteiger partial charge in [-0.05, 0) is 12.8 Å². The third kappa shape index (κ3) is 2.70. The van der Waals surface area contributed by atoms with Gasteiger partial charge in [0.15, 0.2) is 0 Å². The van der Waals surface area contributed by atoms with Crippen LogP contribution in [0, 0.1) is 6.92 Å². The molecular formula is C13H20ClNO3. The number of nitrogens with zero attached hydrogens (tertiary/aromatic N) is 1. The van der Waals surface area contributed by atoms with Crippen LogP contribution >= 0.6 is 11.6 Å². The molecule has 0 saturated heterocycles. The van der Waals surface area contributed by atoms with Gasteiger partial charge < -0.3 is 14.0 Å². The number of esters is 1. The summed E-state index contributed by atoms with van der Waals surface area (Å²) in [6, 6.07) is 0. The molecule has 18 heavy (non-hydrogen) atoms. The van der Waals surface area contributed by atoms with E-state index < -0.39 is 5.97 Å². The third-order valence-corrected chi connectivity index (χ3v) is 3.34. The Kier molecular flexibility index (Phi) is 5.23. The number of ether oxygens (including phenoxy) is 2. The van der Waals surface area contributed by atoms with Crippen LogP contribution in [-0.2, 0) is 16.0 Å². The van der Waals surface area contributed by atoms with Gasteiger partial charge >= 0.3 is 5.97 Å². The van der Waals surface area contributed by atoms with Gasteiger partial charge in [0, 0.05) is 25.0 Å². The highest BCUT2D eigenvalue weighted by molar-refractivity contribution is 6.34. The molecule has 0 N–H and O–H groups in total. The van der Waals surface area contributed by atoms with Crippen molar-refractivity contribution in [2.75, 3.05) is 20.8 Å². The first kappa shape index (κ1) is 15.1. The Bertz CT molecular complexity index is 438. The molecule has 0 atom stereocenters. The summed E-state index contributed by atoms with van der Waals surface area (Å²) in [4.78, 5) is 11.8. The van der Waals surface area contributed by atoms with Gasteiger partial charge in [-0.3, -0.25) is 0 Å². The van der Waals surface area contributed by atoms with E-state index in [9.17, 15) is 4.79 Å². The fourth-order valence-corrected chi connectivity index (χ4v) is 2.63. The Morgan fingerprint density at radius 3 is 2.44 bits per heavy atom. The average molecular weight is 274 g/mol. The zero-order valence-electron chi connectivity index (χ0n) is 11.5. The Morgan fingerprint density at radius 2 is 2.00 bits per heavy atom. The molecule has 102 valence electrons. The predicted octanol–water partition coefficient (Wildman–Crippen LogP) is 3.01. The summed E-state index contributed by atoms with van der Waals surface area (Å²) in [7, 11) is 3.01. The molecule has 1 aromatic rings. The molecule has 0 saturated carbocycles. The van der Waals surface area contributed by atoms with Gasteiger partial charge in [0.2, 0.25) is 0 Å². The fraction of sp³-hybridized carbons (Fsp3) is 0.615. The van der Waals surface area contributed by atoms with Crippen LogP contribution in [0.2, 0.25) is 5.02 Å².